The molecule has 4 nitrogen and oxygen atoms in total. The number of amides is 1. The van der Waals surface area contributed by atoms with Gasteiger partial charge in [-0.3, -0.25) is 9.69 Å². The van der Waals surface area contributed by atoms with E-state index in [0.29, 0.717) is 0 Å². The van der Waals surface area contributed by atoms with Crippen LogP contribution < -0.4 is 5.32 Å². The zero-order chi connectivity index (χ0) is 15.4. The number of aryl methyl sites for hydroxylation is 1. The first kappa shape index (κ1) is 16.0. The Hall–Kier alpha value is -0.910. The highest BCUT2D eigenvalue weighted by molar-refractivity contribution is 7.12. The van der Waals surface area contributed by atoms with Crippen LogP contribution in [0.1, 0.15) is 47.3 Å². The number of rotatable bonds is 4. The molecular formula is C17H26N2O2S. The van der Waals surface area contributed by atoms with Crippen LogP contribution in [0.3, 0.4) is 0 Å². The van der Waals surface area contributed by atoms with E-state index >= 15 is 0 Å². The Kier molecular flexibility index (Phi) is 5.16. The fourth-order valence-electron chi connectivity index (χ4n) is 3.78. The number of thiophene rings is 1. The zero-order valence-electron chi connectivity index (χ0n) is 13.4. The number of nitrogens with zero attached hydrogens (tertiary/aromatic N) is 1. The van der Waals surface area contributed by atoms with Crippen molar-refractivity contribution >= 4 is 17.2 Å². The van der Waals surface area contributed by atoms with Crippen molar-refractivity contribution in [2.45, 2.75) is 44.6 Å². The van der Waals surface area contributed by atoms with Gasteiger partial charge < -0.3 is 10.1 Å². The molecule has 2 aliphatic rings. The summed E-state index contributed by atoms with van der Waals surface area (Å²) in [4.78, 5) is 15.9. The van der Waals surface area contributed by atoms with Crippen molar-refractivity contribution < 1.29 is 9.53 Å². The summed E-state index contributed by atoms with van der Waals surface area (Å²) in [6, 6.07) is 2.01. The first-order valence-corrected chi connectivity index (χ1v) is 9.24. The van der Waals surface area contributed by atoms with Crippen molar-refractivity contribution in [1.29, 1.82) is 0 Å². The molecular weight excluding hydrogens is 296 g/mol. The SMILES string of the molecule is Cc1ccsc1C(=O)NCC1(N2CCOCC2)CCCCC1. The van der Waals surface area contributed by atoms with Crippen molar-refractivity contribution in [3.05, 3.63) is 21.9 Å². The molecule has 1 saturated carbocycles. The number of nitrogens with one attached hydrogen (secondary N) is 1. The van der Waals surface area contributed by atoms with Gasteiger partial charge in [0.15, 0.2) is 0 Å². The monoisotopic (exact) mass is 322 g/mol. The Balaban J connectivity index is 1.67. The highest BCUT2D eigenvalue weighted by Crippen LogP contribution is 2.34. The molecule has 1 aliphatic heterocycles. The molecule has 0 radical (unpaired) electrons. The quantitative estimate of drug-likeness (QED) is 0.927. The Bertz CT molecular complexity index is 503. The maximum Gasteiger partial charge on any atom is 0.261 e. The summed E-state index contributed by atoms with van der Waals surface area (Å²) in [5.74, 6) is 0.0886. The van der Waals surface area contributed by atoms with Crippen LogP contribution in [0.2, 0.25) is 0 Å². The summed E-state index contributed by atoms with van der Waals surface area (Å²) in [6.45, 7) is 6.40. The molecule has 1 N–H and O–H groups in total. The van der Waals surface area contributed by atoms with Gasteiger partial charge in [-0.1, -0.05) is 19.3 Å². The van der Waals surface area contributed by atoms with Gasteiger partial charge in [-0.25, -0.2) is 0 Å². The Morgan fingerprint density at radius 2 is 2.05 bits per heavy atom. The van der Waals surface area contributed by atoms with Crippen LogP contribution in [0.4, 0.5) is 0 Å². The molecule has 2 heterocycles. The zero-order valence-corrected chi connectivity index (χ0v) is 14.2. The van der Waals surface area contributed by atoms with E-state index in [-0.39, 0.29) is 11.4 Å². The van der Waals surface area contributed by atoms with Gasteiger partial charge in [0.2, 0.25) is 0 Å². The lowest BCUT2D eigenvalue weighted by Gasteiger charge is -2.48. The van der Waals surface area contributed by atoms with Crippen molar-refractivity contribution in [3.63, 3.8) is 0 Å². The summed E-state index contributed by atoms with van der Waals surface area (Å²) in [5, 5.41) is 5.21. The van der Waals surface area contributed by atoms with Gasteiger partial charge in [0, 0.05) is 25.2 Å². The van der Waals surface area contributed by atoms with Gasteiger partial charge in [0.25, 0.3) is 5.91 Å². The van der Waals surface area contributed by atoms with Gasteiger partial charge >= 0.3 is 0 Å². The van der Waals surface area contributed by atoms with E-state index in [1.165, 1.54) is 43.4 Å². The second-order valence-electron chi connectivity index (χ2n) is 6.50. The molecule has 2 fully saturated rings. The van der Waals surface area contributed by atoms with E-state index in [2.05, 4.69) is 10.2 Å². The number of ether oxygens (including phenoxy) is 1. The molecule has 5 heteroatoms. The molecule has 1 amide bonds. The van der Waals surface area contributed by atoms with Crippen LogP contribution in [0, 0.1) is 6.92 Å². The largest absolute Gasteiger partial charge is 0.379 e. The third-order valence-corrected chi connectivity index (χ3v) is 6.13. The Morgan fingerprint density at radius 1 is 1.32 bits per heavy atom. The van der Waals surface area contributed by atoms with Crippen LogP contribution in [0.5, 0.6) is 0 Å². The summed E-state index contributed by atoms with van der Waals surface area (Å²) in [7, 11) is 0. The van der Waals surface area contributed by atoms with Crippen molar-refractivity contribution in [1.82, 2.24) is 10.2 Å². The van der Waals surface area contributed by atoms with E-state index in [1.54, 1.807) is 0 Å². The lowest BCUT2D eigenvalue weighted by Crippen LogP contribution is -2.59. The molecule has 0 atom stereocenters. The molecule has 22 heavy (non-hydrogen) atoms. The lowest BCUT2D eigenvalue weighted by molar-refractivity contribution is -0.0361. The van der Waals surface area contributed by atoms with E-state index in [0.717, 1.165) is 43.3 Å². The van der Waals surface area contributed by atoms with Crippen LogP contribution in [0.15, 0.2) is 11.4 Å². The van der Waals surface area contributed by atoms with Crippen LogP contribution >= 0.6 is 11.3 Å². The van der Waals surface area contributed by atoms with Crippen LogP contribution in [-0.4, -0.2) is 49.2 Å². The smallest absolute Gasteiger partial charge is 0.261 e. The maximum atomic E-state index is 12.5. The normalized spacial score (nSPS) is 22.4. The lowest BCUT2D eigenvalue weighted by atomic mass is 9.79. The summed E-state index contributed by atoms with van der Waals surface area (Å²) < 4.78 is 5.51. The first-order valence-electron chi connectivity index (χ1n) is 8.36. The fourth-order valence-corrected chi connectivity index (χ4v) is 4.62. The third kappa shape index (κ3) is 3.36. The molecule has 0 unspecified atom stereocenters. The Labute approximate surface area is 136 Å². The minimum atomic E-state index is 0.0886. The van der Waals surface area contributed by atoms with Gasteiger partial charge in [-0.2, -0.15) is 0 Å². The van der Waals surface area contributed by atoms with Crippen LogP contribution in [0.25, 0.3) is 0 Å². The van der Waals surface area contributed by atoms with Gasteiger partial charge in [-0.15, -0.1) is 11.3 Å². The molecule has 1 aliphatic carbocycles. The average Bonchev–Trinajstić information content (AvgIpc) is 3.00. The van der Waals surface area contributed by atoms with Crippen molar-refractivity contribution in [2.75, 3.05) is 32.8 Å². The number of carbonyl (C=O) groups is 1. The highest BCUT2D eigenvalue weighted by atomic mass is 32.1. The van der Waals surface area contributed by atoms with Gasteiger partial charge in [0.1, 0.15) is 0 Å². The Morgan fingerprint density at radius 3 is 2.68 bits per heavy atom. The highest BCUT2D eigenvalue weighted by Gasteiger charge is 2.38. The van der Waals surface area contributed by atoms with E-state index in [1.807, 2.05) is 18.4 Å². The molecule has 3 rings (SSSR count). The fraction of sp³-hybridized carbons (Fsp3) is 0.706. The summed E-state index contributed by atoms with van der Waals surface area (Å²) >= 11 is 1.53. The summed E-state index contributed by atoms with van der Waals surface area (Å²) in [6.07, 6.45) is 6.24. The number of carbonyl (C=O) groups excluding carboxylic acids is 1. The molecule has 0 bridgehead atoms. The maximum absolute atomic E-state index is 12.5. The third-order valence-electron chi connectivity index (χ3n) is 5.11. The van der Waals surface area contributed by atoms with E-state index in [4.69, 9.17) is 4.74 Å². The molecule has 0 spiro atoms. The first-order chi connectivity index (χ1) is 10.7. The van der Waals surface area contributed by atoms with Crippen LogP contribution in [-0.2, 0) is 4.74 Å². The average molecular weight is 322 g/mol. The van der Waals surface area contributed by atoms with Gasteiger partial charge in [-0.05, 0) is 36.8 Å². The van der Waals surface area contributed by atoms with Gasteiger partial charge in [0.05, 0.1) is 18.1 Å². The van der Waals surface area contributed by atoms with Crippen molar-refractivity contribution in [2.24, 2.45) is 0 Å². The minimum absolute atomic E-state index is 0.0886. The topological polar surface area (TPSA) is 41.6 Å². The molecule has 1 aromatic heterocycles. The molecule has 1 aromatic rings. The second kappa shape index (κ2) is 7.11. The predicted molar refractivity (Wildman–Crippen MR) is 89.6 cm³/mol. The van der Waals surface area contributed by atoms with E-state index in [9.17, 15) is 4.79 Å². The number of hydrogen-bond donors (Lipinski definition) is 1. The molecule has 0 aromatic carbocycles. The second-order valence-corrected chi connectivity index (χ2v) is 7.42. The predicted octanol–water partition coefficient (Wildman–Crippen LogP) is 2.82. The minimum Gasteiger partial charge on any atom is -0.379 e. The number of hydrogen-bond acceptors (Lipinski definition) is 4. The molecule has 1 saturated heterocycles. The standard InChI is InChI=1S/C17H26N2O2S/c1-14-5-12-22-15(14)16(20)18-13-17(6-3-2-4-7-17)19-8-10-21-11-9-19/h5,12H,2-4,6-11,13H2,1H3,(H,18,20). The number of morpholine rings is 1. The van der Waals surface area contributed by atoms with Crippen molar-refractivity contribution in [3.8, 4) is 0 Å². The summed E-state index contributed by atoms with van der Waals surface area (Å²) in [5.41, 5.74) is 1.22. The molecule has 122 valence electrons. The van der Waals surface area contributed by atoms with E-state index < -0.39 is 0 Å².